The molecule has 0 aromatic heterocycles. The van der Waals surface area contributed by atoms with Crippen LogP contribution in [0.4, 0.5) is 5.69 Å². The molecule has 0 aliphatic rings. The second kappa shape index (κ2) is 14.3. The molecule has 0 bridgehead atoms. The van der Waals surface area contributed by atoms with E-state index in [1.165, 1.54) is 29.2 Å². The van der Waals surface area contributed by atoms with E-state index < -0.39 is 28.5 Å². The van der Waals surface area contributed by atoms with Crippen LogP contribution in [0, 0.1) is 6.92 Å². The molecule has 40 heavy (non-hydrogen) atoms. The van der Waals surface area contributed by atoms with Gasteiger partial charge < -0.3 is 10.2 Å². The van der Waals surface area contributed by atoms with Crippen LogP contribution in [-0.2, 0) is 26.2 Å². The predicted molar refractivity (Wildman–Crippen MR) is 164 cm³/mol. The summed E-state index contributed by atoms with van der Waals surface area (Å²) in [5, 5.41) is 3.01. The number of carbonyl (C=O) groups is 2. The molecule has 0 unspecified atom stereocenters. The molecule has 1 N–H and O–H groups in total. The third-order valence-electron chi connectivity index (χ3n) is 6.33. The number of benzene rings is 3. The maximum absolute atomic E-state index is 14.0. The van der Waals surface area contributed by atoms with Gasteiger partial charge in [0.25, 0.3) is 10.0 Å². The third-order valence-corrected chi connectivity index (χ3v) is 9.40. The van der Waals surface area contributed by atoms with Crippen molar-refractivity contribution in [1.82, 2.24) is 10.2 Å². The van der Waals surface area contributed by atoms with Gasteiger partial charge in [-0.05, 0) is 62.2 Å². The maximum atomic E-state index is 14.0. The van der Waals surface area contributed by atoms with Crippen molar-refractivity contribution in [3.63, 3.8) is 0 Å². The molecule has 2 amide bonds. The monoisotopic (exact) mass is 667 g/mol. The molecule has 0 saturated heterocycles. The van der Waals surface area contributed by atoms with Crippen LogP contribution < -0.4 is 9.62 Å². The number of unbranched alkanes of at least 4 members (excludes halogenated alkanes) is 1. The fourth-order valence-corrected chi connectivity index (χ4v) is 6.31. The van der Waals surface area contributed by atoms with Crippen molar-refractivity contribution in [2.45, 2.75) is 51.1 Å². The Balaban J connectivity index is 2.04. The molecule has 0 radical (unpaired) electrons. The molecule has 3 rings (SSSR count). The molecular formula is C29H32BrCl2N3O4S. The maximum Gasteiger partial charge on any atom is 0.264 e. The van der Waals surface area contributed by atoms with Gasteiger partial charge in [-0.1, -0.05) is 88.4 Å². The number of nitrogens with one attached hydrogen (secondary N) is 1. The highest BCUT2D eigenvalue weighted by Gasteiger charge is 2.33. The lowest BCUT2D eigenvalue weighted by Crippen LogP contribution is -2.51. The minimum Gasteiger partial charge on any atom is -0.354 e. The summed E-state index contributed by atoms with van der Waals surface area (Å²) >= 11 is 16.2. The summed E-state index contributed by atoms with van der Waals surface area (Å²) in [6.07, 6.45) is 1.70. The summed E-state index contributed by atoms with van der Waals surface area (Å²) in [5.41, 5.74) is 1.71. The molecule has 11 heteroatoms. The van der Waals surface area contributed by atoms with Crippen molar-refractivity contribution in [2.24, 2.45) is 0 Å². The Morgan fingerprint density at radius 2 is 1.70 bits per heavy atom. The molecule has 7 nitrogen and oxygen atoms in total. The number of carbonyl (C=O) groups excluding carboxylic acids is 2. The van der Waals surface area contributed by atoms with Gasteiger partial charge >= 0.3 is 0 Å². The first-order valence-electron chi connectivity index (χ1n) is 12.8. The quantitative estimate of drug-likeness (QED) is 0.221. The Labute approximate surface area is 254 Å². The fourth-order valence-electron chi connectivity index (χ4n) is 3.99. The molecule has 3 aromatic rings. The van der Waals surface area contributed by atoms with E-state index in [0.29, 0.717) is 6.54 Å². The van der Waals surface area contributed by atoms with Crippen molar-refractivity contribution in [1.29, 1.82) is 0 Å². The molecule has 0 aliphatic carbocycles. The fraction of sp³-hybridized carbons (Fsp3) is 0.310. The third kappa shape index (κ3) is 8.00. The number of hydrogen-bond donors (Lipinski definition) is 1. The summed E-state index contributed by atoms with van der Waals surface area (Å²) in [6.45, 7) is 5.45. The van der Waals surface area contributed by atoms with Crippen molar-refractivity contribution in [3.05, 3.63) is 92.4 Å². The first kappa shape index (κ1) is 31.9. The van der Waals surface area contributed by atoms with Crippen LogP contribution in [0.3, 0.4) is 0 Å². The smallest absolute Gasteiger partial charge is 0.264 e. The predicted octanol–water partition coefficient (Wildman–Crippen LogP) is 6.59. The number of hydrogen-bond acceptors (Lipinski definition) is 4. The van der Waals surface area contributed by atoms with Crippen LogP contribution in [0.5, 0.6) is 0 Å². The van der Waals surface area contributed by atoms with Crippen LogP contribution in [0.1, 0.15) is 37.8 Å². The van der Waals surface area contributed by atoms with E-state index in [1.807, 2.05) is 38.1 Å². The van der Waals surface area contributed by atoms with Gasteiger partial charge in [0.05, 0.1) is 20.6 Å². The Hall–Kier alpha value is -2.59. The normalized spacial score (nSPS) is 12.1. The molecule has 0 heterocycles. The molecule has 0 fully saturated rings. The lowest BCUT2D eigenvalue weighted by molar-refractivity contribution is -0.139. The van der Waals surface area contributed by atoms with Gasteiger partial charge in [-0.3, -0.25) is 13.9 Å². The van der Waals surface area contributed by atoms with Crippen LogP contribution in [0.15, 0.2) is 76.1 Å². The van der Waals surface area contributed by atoms with E-state index in [-0.39, 0.29) is 33.1 Å². The SMILES string of the molecule is CCCCNC(=O)[C@H](C)N(Cc1cccc(Br)c1)C(=O)CN(c1cccc(Cl)c1Cl)S(=O)(=O)c1ccc(C)cc1. The van der Waals surface area contributed by atoms with Crippen LogP contribution in [0.25, 0.3) is 0 Å². The minimum atomic E-state index is -4.25. The van der Waals surface area contributed by atoms with Crippen LogP contribution in [0.2, 0.25) is 10.0 Å². The second-order valence-electron chi connectivity index (χ2n) is 9.37. The number of anilines is 1. The number of nitrogens with zero attached hydrogens (tertiary/aromatic N) is 2. The lowest BCUT2D eigenvalue weighted by Gasteiger charge is -2.32. The zero-order chi connectivity index (χ0) is 29.4. The Morgan fingerprint density at radius 3 is 2.35 bits per heavy atom. The number of amides is 2. The molecule has 214 valence electrons. The summed E-state index contributed by atoms with van der Waals surface area (Å²) in [5.74, 6) is -0.907. The first-order chi connectivity index (χ1) is 18.9. The van der Waals surface area contributed by atoms with Gasteiger partial charge in [-0.2, -0.15) is 0 Å². The molecule has 0 aliphatic heterocycles. The van der Waals surface area contributed by atoms with Crippen LogP contribution >= 0.6 is 39.1 Å². The van der Waals surface area contributed by atoms with Gasteiger partial charge in [0.15, 0.2) is 0 Å². The van der Waals surface area contributed by atoms with E-state index in [9.17, 15) is 18.0 Å². The Bertz CT molecular complexity index is 1450. The first-order valence-corrected chi connectivity index (χ1v) is 15.8. The van der Waals surface area contributed by atoms with E-state index in [0.717, 1.165) is 32.7 Å². The molecule has 0 saturated carbocycles. The summed E-state index contributed by atoms with van der Waals surface area (Å²) < 4.78 is 29.6. The topological polar surface area (TPSA) is 86.8 Å². The zero-order valence-corrected chi connectivity index (χ0v) is 26.4. The number of aryl methyl sites for hydroxylation is 1. The number of rotatable bonds is 12. The summed E-state index contributed by atoms with van der Waals surface area (Å²) in [7, 11) is -4.25. The Morgan fingerprint density at radius 1 is 1.02 bits per heavy atom. The minimum absolute atomic E-state index is 0.00319. The van der Waals surface area contributed by atoms with E-state index in [1.54, 1.807) is 25.1 Å². The summed E-state index contributed by atoms with van der Waals surface area (Å²) in [6, 6.07) is 17.4. The second-order valence-corrected chi connectivity index (χ2v) is 12.9. The van der Waals surface area contributed by atoms with Crippen molar-refractivity contribution >= 4 is 66.7 Å². The number of halogens is 3. The lowest BCUT2D eigenvalue weighted by atomic mass is 10.1. The van der Waals surface area contributed by atoms with E-state index >= 15 is 0 Å². The van der Waals surface area contributed by atoms with Crippen molar-refractivity contribution in [3.8, 4) is 0 Å². The molecular weight excluding hydrogens is 637 g/mol. The molecule has 3 aromatic carbocycles. The van der Waals surface area contributed by atoms with Gasteiger partial charge in [0.2, 0.25) is 11.8 Å². The van der Waals surface area contributed by atoms with Crippen LogP contribution in [-0.4, -0.2) is 44.3 Å². The average molecular weight is 669 g/mol. The van der Waals surface area contributed by atoms with Gasteiger partial charge in [0.1, 0.15) is 12.6 Å². The standard InChI is InChI=1S/C29H32BrCl2N3O4S/c1-4-5-16-33-29(37)21(3)34(18-22-8-6-9-23(30)17-22)27(36)19-35(26-11-7-10-25(31)28(26)32)40(38,39)24-14-12-20(2)13-15-24/h6-15,17,21H,4-5,16,18-19H2,1-3H3,(H,33,37)/t21-/m0/s1. The van der Waals surface area contributed by atoms with Crippen molar-refractivity contribution < 1.29 is 18.0 Å². The van der Waals surface area contributed by atoms with E-state index in [4.69, 9.17) is 23.2 Å². The largest absolute Gasteiger partial charge is 0.354 e. The highest BCUT2D eigenvalue weighted by atomic mass is 79.9. The highest BCUT2D eigenvalue weighted by Crippen LogP contribution is 2.35. The Kier molecular flexibility index (Phi) is 11.5. The molecule has 0 spiro atoms. The average Bonchev–Trinajstić information content (AvgIpc) is 2.92. The van der Waals surface area contributed by atoms with Crippen molar-refractivity contribution in [2.75, 3.05) is 17.4 Å². The zero-order valence-electron chi connectivity index (χ0n) is 22.5. The van der Waals surface area contributed by atoms with Gasteiger partial charge in [-0.15, -0.1) is 0 Å². The number of sulfonamides is 1. The highest BCUT2D eigenvalue weighted by molar-refractivity contribution is 9.10. The van der Waals surface area contributed by atoms with E-state index in [2.05, 4.69) is 21.2 Å². The van der Waals surface area contributed by atoms with Gasteiger partial charge in [-0.25, -0.2) is 8.42 Å². The van der Waals surface area contributed by atoms with Gasteiger partial charge in [0, 0.05) is 17.6 Å². The molecule has 1 atom stereocenters. The summed E-state index contributed by atoms with van der Waals surface area (Å²) in [4.78, 5) is 28.4.